The van der Waals surface area contributed by atoms with E-state index in [1.54, 1.807) is 0 Å². The summed E-state index contributed by atoms with van der Waals surface area (Å²) in [5, 5.41) is 19.9. The third-order valence-electron chi connectivity index (χ3n) is 3.72. The minimum absolute atomic E-state index is 0.255. The number of hydrogen-bond donors (Lipinski definition) is 3. The third-order valence-corrected chi connectivity index (χ3v) is 6.27. The Kier molecular flexibility index (Phi) is 6.38. The van der Waals surface area contributed by atoms with E-state index in [0.29, 0.717) is 20.2 Å². The van der Waals surface area contributed by atoms with Gasteiger partial charge in [-0.3, -0.25) is 15.2 Å². The summed E-state index contributed by atoms with van der Waals surface area (Å²) in [6, 6.07) is 11.7. The van der Waals surface area contributed by atoms with Crippen LogP contribution >= 0.6 is 35.1 Å². The summed E-state index contributed by atoms with van der Waals surface area (Å²) in [6.45, 7) is 1.73. The standard InChI is InChI=1S/C18H15N7O2S3/c1-10-2-4-11(5-3-10)28-12-6-7-14(29-17-19-9-20-24-17)22-15(12)16(27)23-18-21-13(8-26)25-30-18/h2-7,9,26H,8H2,1H3,(H,19,20,24)(H,21,23,25,27). The number of aromatic nitrogens is 6. The first-order valence-corrected chi connectivity index (χ1v) is 11.0. The van der Waals surface area contributed by atoms with E-state index in [1.165, 1.54) is 29.9 Å². The minimum Gasteiger partial charge on any atom is -0.388 e. The number of anilines is 1. The molecular formula is C18H15N7O2S3. The Labute approximate surface area is 184 Å². The Bertz CT molecular complexity index is 1150. The molecule has 3 N–H and O–H groups in total. The summed E-state index contributed by atoms with van der Waals surface area (Å²) in [7, 11) is 0. The minimum atomic E-state index is -0.412. The normalized spacial score (nSPS) is 10.9. The van der Waals surface area contributed by atoms with Crippen molar-refractivity contribution in [2.45, 2.75) is 33.5 Å². The largest absolute Gasteiger partial charge is 0.388 e. The van der Waals surface area contributed by atoms with Crippen LogP contribution in [0.2, 0.25) is 0 Å². The molecule has 4 rings (SSSR count). The van der Waals surface area contributed by atoms with Crippen LogP contribution in [0.1, 0.15) is 21.9 Å². The van der Waals surface area contributed by atoms with E-state index in [-0.39, 0.29) is 18.1 Å². The van der Waals surface area contributed by atoms with Gasteiger partial charge in [0.15, 0.2) is 11.0 Å². The lowest BCUT2D eigenvalue weighted by atomic mass is 10.2. The van der Waals surface area contributed by atoms with Crippen LogP contribution in [0.15, 0.2) is 62.7 Å². The number of H-pyrrole nitrogens is 1. The van der Waals surface area contributed by atoms with E-state index >= 15 is 0 Å². The first-order chi connectivity index (χ1) is 14.6. The second-order valence-corrected chi connectivity index (χ2v) is 8.81. The van der Waals surface area contributed by atoms with Crippen molar-refractivity contribution in [1.29, 1.82) is 0 Å². The van der Waals surface area contributed by atoms with Crippen LogP contribution < -0.4 is 5.32 Å². The predicted octanol–water partition coefficient (Wildman–Crippen LogP) is 3.41. The lowest BCUT2D eigenvalue weighted by molar-refractivity contribution is 0.101. The zero-order valence-electron chi connectivity index (χ0n) is 15.6. The van der Waals surface area contributed by atoms with Gasteiger partial charge in [0.25, 0.3) is 5.91 Å². The number of aliphatic hydroxyl groups excluding tert-OH is 1. The Morgan fingerprint density at radius 3 is 2.70 bits per heavy atom. The van der Waals surface area contributed by atoms with Gasteiger partial charge in [-0.25, -0.2) is 15.0 Å². The van der Waals surface area contributed by atoms with E-state index in [0.717, 1.165) is 22.0 Å². The molecule has 0 fully saturated rings. The van der Waals surface area contributed by atoms with Gasteiger partial charge in [-0.2, -0.15) is 9.47 Å². The van der Waals surface area contributed by atoms with Gasteiger partial charge in [0.2, 0.25) is 5.13 Å². The average molecular weight is 458 g/mol. The molecule has 0 saturated heterocycles. The van der Waals surface area contributed by atoms with Crippen LogP contribution in [-0.4, -0.2) is 40.5 Å². The number of aliphatic hydroxyl groups is 1. The molecule has 9 nitrogen and oxygen atoms in total. The Morgan fingerprint density at radius 1 is 1.17 bits per heavy atom. The molecule has 0 atom stereocenters. The first-order valence-electron chi connectivity index (χ1n) is 8.64. The van der Waals surface area contributed by atoms with E-state index in [4.69, 9.17) is 5.11 Å². The van der Waals surface area contributed by atoms with E-state index in [1.807, 2.05) is 43.3 Å². The highest BCUT2D eigenvalue weighted by Crippen LogP contribution is 2.33. The molecule has 0 unspecified atom stereocenters. The van der Waals surface area contributed by atoms with Gasteiger partial charge in [0.1, 0.15) is 23.7 Å². The number of benzene rings is 1. The average Bonchev–Trinajstić information content (AvgIpc) is 3.42. The van der Waals surface area contributed by atoms with Crippen molar-refractivity contribution in [3.8, 4) is 0 Å². The Hall–Kier alpha value is -2.80. The number of rotatable bonds is 7. The first kappa shape index (κ1) is 20.5. The van der Waals surface area contributed by atoms with Crippen molar-refractivity contribution >= 4 is 46.1 Å². The summed E-state index contributed by atoms with van der Waals surface area (Å²) < 4.78 is 3.96. The molecule has 152 valence electrons. The van der Waals surface area contributed by atoms with E-state index in [9.17, 15) is 4.79 Å². The second-order valence-electron chi connectivity index (χ2n) is 5.93. The molecule has 0 saturated carbocycles. The number of carbonyl (C=O) groups is 1. The van der Waals surface area contributed by atoms with Gasteiger partial charge < -0.3 is 5.11 Å². The monoisotopic (exact) mass is 457 g/mol. The number of carbonyl (C=O) groups excluding carboxylic acids is 1. The van der Waals surface area contributed by atoms with Crippen molar-refractivity contribution in [2.24, 2.45) is 0 Å². The van der Waals surface area contributed by atoms with Crippen LogP contribution in [0, 0.1) is 6.92 Å². The number of aryl methyl sites for hydroxylation is 1. The van der Waals surface area contributed by atoms with Crippen molar-refractivity contribution < 1.29 is 9.90 Å². The van der Waals surface area contributed by atoms with Gasteiger partial charge in [0, 0.05) is 21.3 Å². The van der Waals surface area contributed by atoms with Crippen LogP contribution in [0.4, 0.5) is 5.13 Å². The third kappa shape index (κ3) is 5.02. The van der Waals surface area contributed by atoms with Gasteiger partial charge >= 0.3 is 0 Å². The van der Waals surface area contributed by atoms with Crippen LogP contribution in [0.3, 0.4) is 0 Å². The maximum atomic E-state index is 13.0. The molecule has 3 heterocycles. The molecule has 0 aliphatic carbocycles. The lowest BCUT2D eigenvalue weighted by Crippen LogP contribution is -2.15. The molecule has 12 heteroatoms. The molecule has 0 aliphatic heterocycles. The summed E-state index contributed by atoms with van der Waals surface area (Å²) in [5.41, 5.74) is 1.41. The molecule has 0 spiro atoms. The zero-order valence-corrected chi connectivity index (χ0v) is 18.0. The Balaban J connectivity index is 1.63. The lowest BCUT2D eigenvalue weighted by Gasteiger charge is -2.10. The van der Waals surface area contributed by atoms with Crippen LogP contribution in [-0.2, 0) is 6.61 Å². The highest BCUT2D eigenvalue weighted by molar-refractivity contribution is 7.99. The summed E-state index contributed by atoms with van der Waals surface area (Å²) in [4.78, 5) is 27.3. The predicted molar refractivity (Wildman–Crippen MR) is 114 cm³/mol. The number of nitrogens with one attached hydrogen (secondary N) is 2. The highest BCUT2D eigenvalue weighted by atomic mass is 32.2. The quantitative estimate of drug-likeness (QED) is 0.382. The number of aromatic amines is 1. The number of hydrogen-bond acceptors (Lipinski definition) is 10. The number of pyridine rings is 1. The van der Waals surface area contributed by atoms with Gasteiger partial charge in [-0.15, -0.1) is 0 Å². The van der Waals surface area contributed by atoms with Crippen molar-refractivity contribution in [3.63, 3.8) is 0 Å². The van der Waals surface area contributed by atoms with Crippen LogP contribution in [0.5, 0.6) is 0 Å². The number of amides is 1. The summed E-state index contributed by atoms with van der Waals surface area (Å²) in [6.07, 6.45) is 1.41. The van der Waals surface area contributed by atoms with Crippen LogP contribution in [0.25, 0.3) is 0 Å². The molecule has 3 aromatic heterocycles. The van der Waals surface area contributed by atoms with Gasteiger partial charge in [0.05, 0.1) is 0 Å². The molecule has 1 amide bonds. The number of nitrogens with zero attached hydrogens (tertiary/aromatic N) is 5. The molecule has 30 heavy (non-hydrogen) atoms. The maximum absolute atomic E-state index is 13.0. The van der Waals surface area contributed by atoms with Crippen molar-refractivity contribution in [1.82, 2.24) is 29.5 Å². The van der Waals surface area contributed by atoms with Gasteiger partial charge in [-0.1, -0.05) is 29.5 Å². The molecule has 1 aromatic carbocycles. The fourth-order valence-corrected chi connectivity index (χ4v) is 4.47. The molecule has 0 radical (unpaired) electrons. The van der Waals surface area contributed by atoms with E-state index in [2.05, 4.69) is 34.8 Å². The second kappa shape index (κ2) is 9.34. The Morgan fingerprint density at radius 2 is 2.00 bits per heavy atom. The SMILES string of the molecule is Cc1ccc(Sc2ccc(Sc3ncn[nH]3)nc2C(=O)Nc2nc(CO)ns2)cc1. The fourth-order valence-electron chi connectivity index (χ4n) is 2.33. The molecule has 0 bridgehead atoms. The van der Waals surface area contributed by atoms with Crippen molar-refractivity contribution in [2.75, 3.05) is 5.32 Å². The zero-order chi connectivity index (χ0) is 20.9. The molecule has 4 aromatic rings. The molecular weight excluding hydrogens is 442 g/mol. The van der Waals surface area contributed by atoms with Gasteiger partial charge in [-0.05, 0) is 43.0 Å². The highest BCUT2D eigenvalue weighted by Gasteiger charge is 2.18. The molecule has 0 aliphatic rings. The maximum Gasteiger partial charge on any atom is 0.277 e. The van der Waals surface area contributed by atoms with E-state index < -0.39 is 5.91 Å². The summed E-state index contributed by atoms with van der Waals surface area (Å²) in [5.74, 6) is -0.155. The topological polar surface area (TPSA) is 130 Å². The van der Waals surface area contributed by atoms with Crippen molar-refractivity contribution in [3.05, 3.63) is 59.8 Å². The summed E-state index contributed by atoms with van der Waals surface area (Å²) >= 11 is 3.72. The smallest absolute Gasteiger partial charge is 0.277 e. The fraction of sp³-hybridized carbons (Fsp3) is 0.111.